The van der Waals surface area contributed by atoms with Crippen LogP contribution in [0.2, 0.25) is 0 Å². The third-order valence-corrected chi connectivity index (χ3v) is 3.34. The molecule has 2 aromatic heterocycles. The van der Waals surface area contributed by atoms with Gasteiger partial charge in [0.05, 0.1) is 11.4 Å². The molecule has 0 aliphatic heterocycles. The molecule has 1 N–H and O–H groups in total. The van der Waals surface area contributed by atoms with Crippen LogP contribution < -0.4 is 0 Å². The molecule has 19 heavy (non-hydrogen) atoms. The van der Waals surface area contributed by atoms with E-state index in [0.717, 1.165) is 28.2 Å². The number of aromatic amines is 1. The molecule has 1 aromatic carbocycles. The van der Waals surface area contributed by atoms with Crippen molar-refractivity contribution in [2.24, 2.45) is 0 Å². The Labute approximate surface area is 112 Å². The fraction of sp³-hybridized carbons (Fsp3) is 0.125. The number of hydrogen-bond acceptors (Lipinski definition) is 2. The number of nitrogens with one attached hydrogen (secondary N) is 1. The van der Waals surface area contributed by atoms with Crippen LogP contribution in [-0.2, 0) is 0 Å². The molecular formula is C16H15N3. The van der Waals surface area contributed by atoms with Gasteiger partial charge in [-0.25, -0.2) is 0 Å². The van der Waals surface area contributed by atoms with E-state index in [0.29, 0.717) is 0 Å². The van der Waals surface area contributed by atoms with Gasteiger partial charge in [0, 0.05) is 17.5 Å². The number of benzene rings is 1. The van der Waals surface area contributed by atoms with Crippen LogP contribution in [0.3, 0.4) is 0 Å². The summed E-state index contributed by atoms with van der Waals surface area (Å²) < 4.78 is 0. The lowest BCUT2D eigenvalue weighted by Crippen LogP contribution is -1.90. The predicted molar refractivity (Wildman–Crippen MR) is 76.7 cm³/mol. The van der Waals surface area contributed by atoms with Crippen molar-refractivity contribution in [1.82, 2.24) is 15.2 Å². The second kappa shape index (κ2) is 4.69. The minimum atomic E-state index is 1.01. The molecule has 3 rings (SSSR count). The Morgan fingerprint density at radius 1 is 0.842 bits per heavy atom. The molecule has 0 unspecified atom stereocenters. The molecule has 0 aliphatic carbocycles. The number of nitrogens with zero attached hydrogens (tertiary/aromatic N) is 2. The average Bonchev–Trinajstić information content (AvgIpc) is 2.96. The van der Waals surface area contributed by atoms with E-state index in [4.69, 9.17) is 0 Å². The fourth-order valence-corrected chi connectivity index (χ4v) is 2.03. The first kappa shape index (κ1) is 11.7. The summed E-state index contributed by atoms with van der Waals surface area (Å²) in [5, 5.41) is 6.93. The topological polar surface area (TPSA) is 41.6 Å². The summed E-state index contributed by atoms with van der Waals surface area (Å²) in [5.74, 6) is 0. The van der Waals surface area contributed by atoms with E-state index in [2.05, 4.69) is 58.5 Å². The Hall–Kier alpha value is -2.42. The molecule has 0 aliphatic rings. The summed E-state index contributed by atoms with van der Waals surface area (Å²) in [4.78, 5) is 4.62. The SMILES string of the molecule is Cc1ccc(-c2ccc(-c3ccn[nH]3)cc2)nc1C. The van der Waals surface area contributed by atoms with Gasteiger partial charge in [0.1, 0.15) is 0 Å². The highest BCUT2D eigenvalue weighted by atomic mass is 15.1. The molecule has 94 valence electrons. The number of hydrogen-bond donors (Lipinski definition) is 1. The van der Waals surface area contributed by atoms with Crippen LogP contribution in [0.5, 0.6) is 0 Å². The first-order valence-electron chi connectivity index (χ1n) is 6.28. The summed E-state index contributed by atoms with van der Waals surface area (Å²) in [7, 11) is 0. The minimum absolute atomic E-state index is 1.01. The van der Waals surface area contributed by atoms with Crippen molar-refractivity contribution in [2.45, 2.75) is 13.8 Å². The van der Waals surface area contributed by atoms with E-state index >= 15 is 0 Å². The van der Waals surface area contributed by atoms with Gasteiger partial charge in [0.15, 0.2) is 0 Å². The van der Waals surface area contributed by atoms with Gasteiger partial charge in [-0.2, -0.15) is 5.10 Å². The van der Waals surface area contributed by atoms with E-state index in [1.54, 1.807) is 6.20 Å². The Kier molecular flexibility index (Phi) is 2.88. The lowest BCUT2D eigenvalue weighted by molar-refractivity contribution is 1.10. The molecule has 0 amide bonds. The van der Waals surface area contributed by atoms with Gasteiger partial charge in [-0.15, -0.1) is 0 Å². The molecule has 0 fully saturated rings. The lowest BCUT2D eigenvalue weighted by Gasteiger charge is -2.05. The van der Waals surface area contributed by atoms with Crippen molar-refractivity contribution in [3.05, 3.63) is 59.9 Å². The highest BCUT2D eigenvalue weighted by Crippen LogP contribution is 2.23. The zero-order valence-corrected chi connectivity index (χ0v) is 11.0. The molecule has 3 aromatic rings. The third-order valence-electron chi connectivity index (χ3n) is 3.34. The van der Waals surface area contributed by atoms with Crippen LogP contribution >= 0.6 is 0 Å². The molecule has 0 bridgehead atoms. The molecule has 3 nitrogen and oxygen atoms in total. The maximum atomic E-state index is 4.62. The fourth-order valence-electron chi connectivity index (χ4n) is 2.03. The standard InChI is InChI=1S/C16H15N3/c1-11-3-8-15(18-12(11)2)13-4-6-14(7-5-13)16-9-10-17-19-16/h3-10H,1-2H3,(H,17,19). The Balaban J connectivity index is 1.96. The van der Waals surface area contributed by atoms with Crippen LogP contribution in [0.25, 0.3) is 22.5 Å². The lowest BCUT2D eigenvalue weighted by atomic mass is 10.1. The summed E-state index contributed by atoms with van der Waals surface area (Å²) in [6.07, 6.45) is 1.76. The number of H-pyrrole nitrogens is 1. The van der Waals surface area contributed by atoms with E-state index < -0.39 is 0 Å². The van der Waals surface area contributed by atoms with E-state index in [1.165, 1.54) is 5.56 Å². The summed E-state index contributed by atoms with van der Waals surface area (Å²) in [6, 6.07) is 14.5. The van der Waals surface area contributed by atoms with E-state index in [1.807, 2.05) is 13.0 Å². The van der Waals surface area contributed by atoms with Crippen LogP contribution in [0.15, 0.2) is 48.7 Å². The second-order valence-corrected chi connectivity index (χ2v) is 4.65. The van der Waals surface area contributed by atoms with Crippen molar-refractivity contribution in [3.8, 4) is 22.5 Å². The second-order valence-electron chi connectivity index (χ2n) is 4.65. The molecular weight excluding hydrogens is 234 g/mol. The van der Waals surface area contributed by atoms with Crippen LogP contribution in [0, 0.1) is 13.8 Å². The molecule has 0 spiro atoms. The normalized spacial score (nSPS) is 10.6. The zero-order valence-electron chi connectivity index (χ0n) is 11.0. The van der Waals surface area contributed by atoms with Crippen LogP contribution in [-0.4, -0.2) is 15.2 Å². The van der Waals surface area contributed by atoms with Gasteiger partial charge in [-0.3, -0.25) is 10.1 Å². The Morgan fingerprint density at radius 2 is 1.58 bits per heavy atom. The Bertz CT molecular complexity index is 683. The minimum Gasteiger partial charge on any atom is -0.278 e. The highest BCUT2D eigenvalue weighted by Gasteiger charge is 2.03. The van der Waals surface area contributed by atoms with Crippen molar-refractivity contribution in [2.75, 3.05) is 0 Å². The van der Waals surface area contributed by atoms with E-state index in [9.17, 15) is 0 Å². The van der Waals surface area contributed by atoms with Gasteiger partial charge < -0.3 is 0 Å². The zero-order chi connectivity index (χ0) is 13.2. The number of aryl methyl sites for hydroxylation is 2. The van der Waals surface area contributed by atoms with Crippen molar-refractivity contribution in [1.29, 1.82) is 0 Å². The summed E-state index contributed by atoms with van der Waals surface area (Å²) in [6.45, 7) is 4.12. The molecule has 0 radical (unpaired) electrons. The molecule has 0 atom stereocenters. The number of rotatable bonds is 2. The first-order valence-corrected chi connectivity index (χ1v) is 6.28. The molecule has 2 heterocycles. The van der Waals surface area contributed by atoms with Gasteiger partial charge in [-0.05, 0) is 37.1 Å². The predicted octanol–water partition coefficient (Wildman–Crippen LogP) is 3.76. The van der Waals surface area contributed by atoms with Crippen LogP contribution in [0.1, 0.15) is 11.3 Å². The maximum Gasteiger partial charge on any atom is 0.0705 e. The largest absolute Gasteiger partial charge is 0.278 e. The first-order chi connectivity index (χ1) is 9.24. The maximum absolute atomic E-state index is 4.62. The smallest absolute Gasteiger partial charge is 0.0705 e. The van der Waals surface area contributed by atoms with Gasteiger partial charge >= 0.3 is 0 Å². The third kappa shape index (κ3) is 2.27. The van der Waals surface area contributed by atoms with Gasteiger partial charge in [-0.1, -0.05) is 30.3 Å². The van der Waals surface area contributed by atoms with Crippen LogP contribution in [0.4, 0.5) is 0 Å². The molecule has 3 heteroatoms. The number of pyridine rings is 1. The van der Waals surface area contributed by atoms with Crippen molar-refractivity contribution >= 4 is 0 Å². The average molecular weight is 249 g/mol. The van der Waals surface area contributed by atoms with Gasteiger partial charge in [0.25, 0.3) is 0 Å². The Morgan fingerprint density at radius 3 is 2.21 bits per heavy atom. The quantitative estimate of drug-likeness (QED) is 0.751. The van der Waals surface area contributed by atoms with Crippen molar-refractivity contribution < 1.29 is 0 Å². The molecule has 0 saturated heterocycles. The summed E-state index contributed by atoms with van der Waals surface area (Å²) >= 11 is 0. The van der Waals surface area contributed by atoms with Gasteiger partial charge in [0.2, 0.25) is 0 Å². The monoisotopic (exact) mass is 249 g/mol. The summed E-state index contributed by atoms with van der Waals surface area (Å²) in [5.41, 5.74) is 6.60. The van der Waals surface area contributed by atoms with Crippen molar-refractivity contribution in [3.63, 3.8) is 0 Å². The molecule has 0 saturated carbocycles. The number of aromatic nitrogens is 3. The highest BCUT2D eigenvalue weighted by molar-refractivity contribution is 5.66. The van der Waals surface area contributed by atoms with E-state index in [-0.39, 0.29) is 0 Å².